The highest BCUT2D eigenvalue weighted by Gasteiger charge is 2.20. The number of ether oxygens (including phenoxy) is 4. The predicted octanol–water partition coefficient (Wildman–Crippen LogP) is 2.24. The summed E-state index contributed by atoms with van der Waals surface area (Å²) in [5, 5.41) is 29.8. The van der Waals surface area contributed by atoms with Crippen LogP contribution in [0.1, 0.15) is 0 Å². The minimum atomic E-state index is -2.62. The summed E-state index contributed by atoms with van der Waals surface area (Å²) in [4.78, 5) is 29.3. The van der Waals surface area contributed by atoms with Crippen LogP contribution >= 0.6 is 11.6 Å². The molecule has 0 aliphatic carbocycles. The Labute approximate surface area is 389 Å². The molecule has 366 valence electrons. The number of rotatable bonds is 18. The summed E-state index contributed by atoms with van der Waals surface area (Å²) in [6.07, 6.45) is 0. The zero-order valence-electron chi connectivity index (χ0n) is 38.5. The molecule has 0 amide bonds. The maximum Gasteiger partial charge on any atom is 0.351 e. The van der Waals surface area contributed by atoms with E-state index in [-0.39, 0.29) is 5.28 Å². The second-order valence-electron chi connectivity index (χ2n) is 14.7. The Bertz CT molecular complexity index is 2090. The van der Waals surface area contributed by atoms with E-state index in [1.54, 1.807) is 34.5 Å². The summed E-state index contributed by atoms with van der Waals surface area (Å²) in [6.45, 7) is 12.0. The summed E-state index contributed by atoms with van der Waals surface area (Å²) in [5.41, 5.74) is 1.56. The molecule has 0 spiro atoms. The Morgan fingerprint density at radius 1 is 0.677 bits per heavy atom. The molecule has 2 aromatic carbocycles. The van der Waals surface area contributed by atoms with Crippen LogP contribution in [0.5, 0.6) is 23.0 Å². The van der Waals surface area contributed by atoms with Crippen LogP contribution in [0.25, 0.3) is 21.8 Å². The molecule has 2 fully saturated rings. The first-order valence-corrected chi connectivity index (χ1v) is 22.5. The zero-order chi connectivity index (χ0) is 47.9. The van der Waals surface area contributed by atoms with Crippen molar-refractivity contribution in [2.24, 2.45) is 0 Å². The van der Waals surface area contributed by atoms with E-state index in [1.165, 1.54) is 13.1 Å². The van der Waals surface area contributed by atoms with Gasteiger partial charge >= 0.3 is 22.7 Å². The molecule has 4 aromatic rings. The van der Waals surface area contributed by atoms with Crippen molar-refractivity contribution in [3.8, 4) is 23.0 Å². The molecule has 2 aliphatic rings. The Morgan fingerprint density at radius 2 is 1.14 bits per heavy atom. The van der Waals surface area contributed by atoms with Crippen LogP contribution in [0.2, 0.25) is 5.28 Å². The van der Waals surface area contributed by atoms with Crippen molar-refractivity contribution >= 4 is 73.7 Å². The molecule has 0 saturated carbocycles. The van der Waals surface area contributed by atoms with Gasteiger partial charge < -0.3 is 59.4 Å². The van der Waals surface area contributed by atoms with Crippen molar-refractivity contribution in [1.29, 1.82) is 0 Å². The van der Waals surface area contributed by atoms with Gasteiger partial charge in [-0.1, -0.05) is 9.37 Å². The predicted molar refractivity (Wildman–Crippen MR) is 250 cm³/mol. The molecule has 27 heteroatoms. The van der Waals surface area contributed by atoms with Gasteiger partial charge in [0.2, 0.25) is 11.2 Å². The van der Waals surface area contributed by atoms with Crippen LogP contribution in [-0.4, -0.2) is 208 Å². The number of likely N-dealkylation sites (N-methyl/N-ethyl adjacent to an activating group) is 4. The summed E-state index contributed by atoms with van der Waals surface area (Å²) in [7, 11) is 18.9. The molecule has 2 saturated heterocycles. The van der Waals surface area contributed by atoms with Gasteiger partial charge in [-0.3, -0.25) is 0 Å². The van der Waals surface area contributed by atoms with Crippen molar-refractivity contribution in [1.82, 2.24) is 44.9 Å². The second kappa shape index (κ2) is 29.5. The minimum Gasteiger partial charge on any atom is -0.493 e. The molecule has 5 N–H and O–H groups in total. The van der Waals surface area contributed by atoms with E-state index in [4.69, 9.17) is 51.0 Å². The molecular formula is C38H63ClN12O12S2. The van der Waals surface area contributed by atoms with E-state index in [0.717, 1.165) is 93.5 Å². The van der Waals surface area contributed by atoms with E-state index in [0.29, 0.717) is 34.3 Å². The van der Waals surface area contributed by atoms with Gasteiger partial charge in [0.05, 0.1) is 39.5 Å². The van der Waals surface area contributed by atoms with Gasteiger partial charge in [-0.15, -0.1) is 7.96 Å². The third kappa shape index (κ3) is 18.9. The van der Waals surface area contributed by atoms with E-state index in [1.807, 2.05) is 32.3 Å². The average molecular weight is 980 g/mol. The largest absolute Gasteiger partial charge is 0.493 e. The van der Waals surface area contributed by atoms with Gasteiger partial charge in [-0.25, -0.2) is 25.5 Å². The van der Waals surface area contributed by atoms with Crippen LogP contribution < -0.4 is 39.8 Å². The highest BCUT2D eigenvalue weighted by Crippen LogP contribution is 2.36. The van der Waals surface area contributed by atoms with E-state index >= 15 is 0 Å². The summed E-state index contributed by atoms with van der Waals surface area (Å²) in [5.74, 6) is 4.87. The first-order chi connectivity index (χ1) is 31.2. The van der Waals surface area contributed by atoms with Crippen LogP contribution in [-0.2, 0) is 40.1 Å². The smallest absolute Gasteiger partial charge is 0.351 e. The number of fused-ring (bicyclic) bond motifs is 2. The van der Waals surface area contributed by atoms with Crippen LogP contribution in [0, 0.1) is 0 Å². The molecule has 65 heavy (non-hydrogen) atoms. The molecule has 4 heterocycles. The van der Waals surface area contributed by atoms with Gasteiger partial charge in [0, 0.05) is 101 Å². The first-order valence-electron chi connectivity index (χ1n) is 20.1. The van der Waals surface area contributed by atoms with Crippen molar-refractivity contribution < 1.29 is 55.2 Å². The van der Waals surface area contributed by atoms with Gasteiger partial charge in [-0.2, -0.15) is 13.4 Å². The summed E-state index contributed by atoms with van der Waals surface area (Å²) < 4.78 is 51.4. The number of hydrogen-bond donors (Lipinski definition) is 5. The first kappa shape index (κ1) is 55.2. The van der Waals surface area contributed by atoms with Crippen molar-refractivity contribution in [2.75, 3.05) is 165 Å². The number of benzene rings is 2. The lowest BCUT2D eigenvalue weighted by Gasteiger charge is -2.32. The number of methoxy groups -OCH3 is 4. The van der Waals surface area contributed by atoms with Gasteiger partial charge in [0.15, 0.2) is 23.0 Å². The average Bonchev–Trinajstić information content (AvgIpc) is 3.28. The Kier molecular flexibility index (Phi) is 25.0. The second-order valence-corrected chi connectivity index (χ2v) is 16.6. The molecular weight excluding hydrogens is 916 g/mol. The fourth-order valence-corrected chi connectivity index (χ4v) is 6.73. The fraction of sp³-hybridized carbons (Fsp3) is 0.579. The Hall–Kier alpha value is -4.13. The number of piperazine rings is 2. The summed E-state index contributed by atoms with van der Waals surface area (Å²) in [6, 6.07) is 7.51. The number of nitrogens with one attached hydrogen (secondary N) is 3. The molecule has 0 radical (unpaired) electrons. The number of hydrogen-bond acceptors (Lipinski definition) is 24. The van der Waals surface area contributed by atoms with E-state index < -0.39 is 22.7 Å². The normalized spacial score (nSPS) is 15.2. The highest BCUT2D eigenvalue weighted by atomic mass is 35.5. The number of aromatic nitrogens is 4. The van der Waals surface area contributed by atoms with Crippen LogP contribution in [0.4, 0.5) is 17.6 Å². The third-order valence-electron chi connectivity index (χ3n) is 9.45. The van der Waals surface area contributed by atoms with Crippen molar-refractivity contribution in [3.63, 3.8) is 0 Å². The molecule has 2 aromatic heterocycles. The van der Waals surface area contributed by atoms with Gasteiger partial charge in [-0.05, 0) is 66.0 Å². The number of nitrogens with zero attached hydrogens (tertiary/aromatic N) is 9. The van der Waals surface area contributed by atoms with E-state index in [9.17, 15) is 8.42 Å². The number of anilines is 3. The number of halogens is 1. The molecule has 6 rings (SSSR count). The Balaban J connectivity index is 0.000000259. The lowest BCUT2D eigenvalue weighted by molar-refractivity contribution is -0.436. The SMILES string of the molecule is CN1CCNCC1.COc1cc2nc(Cl)nc(NCCN(C)C)c2cc1OC.COc1cc2nc(N3CCN(C)CC3)nc(NCCN(C)C)c2cc1OC.O=S(OO)OS(=O)OOO. The van der Waals surface area contributed by atoms with Crippen LogP contribution in [0.3, 0.4) is 0 Å². The quantitative estimate of drug-likeness (QED) is 0.0545. The standard InChI is InChI=1S/C19H30N6O2.C14H19ClN4O2.C5H12N2.H2O8S2/c1-23(2)7-6-20-18-14-12-16(26-4)17(27-5)13-15(14)21-19(22-18)25-10-8-24(3)9-11-25;1-19(2)6-5-16-13-9-7-11(20-3)12(21-4)8-10(9)17-14(15)18-13;1-7-4-2-6-3-5-7;1-5-7-10(4)8-9(3)6-2/h12-13H,6-11H2,1-5H3,(H,20,21,22);7-8H,5-6H2,1-4H3,(H,16,17,18);6H,2-5H2,1H3;1-2H. The maximum atomic E-state index is 10.0. The van der Waals surface area contributed by atoms with Gasteiger partial charge in [0.1, 0.15) is 11.6 Å². The highest BCUT2D eigenvalue weighted by molar-refractivity contribution is 7.88. The molecule has 24 nitrogen and oxygen atoms in total. The molecule has 2 atom stereocenters. The molecule has 0 bridgehead atoms. The minimum absolute atomic E-state index is 0.196. The summed E-state index contributed by atoms with van der Waals surface area (Å²) >= 11 is 0.763. The fourth-order valence-electron chi connectivity index (χ4n) is 5.95. The zero-order valence-corrected chi connectivity index (χ0v) is 40.9. The van der Waals surface area contributed by atoms with Gasteiger partial charge in [0.25, 0.3) is 0 Å². The monoisotopic (exact) mass is 978 g/mol. The maximum absolute atomic E-state index is 10.0. The van der Waals surface area contributed by atoms with Crippen molar-refractivity contribution in [2.45, 2.75) is 0 Å². The Morgan fingerprint density at radius 3 is 1.57 bits per heavy atom. The lowest BCUT2D eigenvalue weighted by atomic mass is 10.2. The topological polar surface area (TPSA) is 252 Å². The molecule has 2 unspecified atom stereocenters. The molecule has 2 aliphatic heterocycles. The van der Waals surface area contributed by atoms with Crippen molar-refractivity contribution in [3.05, 3.63) is 29.5 Å². The lowest BCUT2D eigenvalue weighted by Crippen LogP contribution is -2.45. The third-order valence-corrected chi connectivity index (χ3v) is 10.8. The van der Waals surface area contributed by atoms with Crippen LogP contribution in [0.15, 0.2) is 24.3 Å². The van der Waals surface area contributed by atoms with E-state index in [2.05, 4.69) is 95.9 Å².